The molecular formula is C41H28Cl2N2O6. The van der Waals surface area contributed by atoms with E-state index < -0.39 is 59.7 Å². The summed E-state index contributed by atoms with van der Waals surface area (Å²) in [6, 6.07) is 32.6. The van der Waals surface area contributed by atoms with Crippen molar-refractivity contribution in [3.8, 4) is 5.75 Å². The maximum absolute atomic E-state index is 14.6. The van der Waals surface area contributed by atoms with E-state index in [2.05, 4.69) is 0 Å². The van der Waals surface area contributed by atoms with Gasteiger partial charge in [0.15, 0.2) is 5.78 Å². The fourth-order valence-corrected chi connectivity index (χ4v) is 8.00. The molecule has 5 aromatic carbocycles. The average Bonchev–Trinajstić information content (AvgIpc) is 3.41. The van der Waals surface area contributed by atoms with Crippen molar-refractivity contribution in [1.82, 2.24) is 10.0 Å². The Morgan fingerprint density at radius 2 is 1.14 bits per heavy atom. The van der Waals surface area contributed by atoms with Gasteiger partial charge in [-0.1, -0.05) is 89.4 Å². The maximum Gasteiger partial charge on any atom is 0.343 e. The van der Waals surface area contributed by atoms with E-state index in [9.17, 15) is 24.0 Å². The number of imide groups is 1. The Balaban J connectivity index is 1.12. The molecule has 1 aliphatic heterocycles. The minimum atomic E-state index is -0.770. The van der Waals surface area contributed by atoms with Crippen LogP contribution in [0.25, 0.3) is 0 Å². The molecule has 0 unspecified atom stereocenters. The van der Waals surface area contributed by atoms with Gasteiger partial charge in [-0.2, -0.15) is 5.01 Å². The molecule has 3 amide bonds. The Hall–Kier alpha value is -5.57. The standard InChI is InChI=1S/C41H28Cl2N2O6/c1-22-10-12-24(13-11-22)41(50)51-26-17-14-23(15-18-26)33(46)21-44(38(47)25-16-19-31(42)32(43)20-25)45-39(48)36-34-27-6-2-3-7-28(27)35(37(36)40(45)49)30-9-5-4-8-29(30)34/h2-20,34-37H,21H2,1H3/t34?,35?,36-,37-/m1/s1. The van der Waals surface area contributed by atoms with Crippen LogP contribution < -0.4 is 4.74 Å². The Morgan fingerprint density at radius 3 is 1.65 bits per heavy atom. The van der Waals surface area contributed by atoms with Crippen LogP contribution in [0.2, 0.25) is 10.0 Å². The van der Waals surface area contributed by atoms with Crippen molar-refractivity contribution in [2.75, 3.05) is 6.54 Å². The van der Waals surface area contributed by atoms with Gasteiger partial charge in [0.2, 0.25) is 0 Å². The van der Waals surface area contributed by atoms with Crippen LogP contribution >= 0.6 is 23.2 Å². The summed E-state index contributed by atoms with van der Waals surface area (Å²) in [4.78, 5) is 69.9. The number of carbonyl (C=O) groups excluding carboxylic acids is 5. The van der Waals surface area contributed by atoms with Gasteiger partial charge in [0.25, 0.3) is 17.7 Å². The molecule has 3 aliphatic carbocycles. The van der Waals surface area contributed by atoms with Crippen molar-refractivity contribution >= 4 is 52.7 Å². The quantitative estimate of drug-likeness (QED) is 0.0743. The highest BCUT2D eigenvalue weighted by atomic mass is 35.5. The molecule has 1 saturated heterocycles. The molecule has 4 aliphatic rings. The SMILES string of the molecule is Cc1ccc(C(=O)Oc2ccc(C(=O)CN(C(=O)c3ccc(Cl)c(Cl)c3)N3C(=O)[C@@H]4C5c6ccccc6C(c6ccccc65)[C@H]4C3=O)cc2)cc1. The van der Waals surface area contributed by atoms with E-state index in [1.165, 1.54) is 42.5 Å². The first kappa shape index (κ1) is 32.6. The number of hydrogen-bond donors (Lipinski definition) is 0. The molecule has 51 heavy (non-hydrogen) atoms. The monoisotopic (exact) mass is 714 g/mol. The Labute approximate surface area is 303 Å². The van der Waals surface area contributed by atoms with Crippen molar-refractivity contribution in [3.05, 3.63) is 170 Å². The van der Waals surface area contributed by atoms with E-state index in [4.69, 9.17) is 27.9 Å². The topological polar surface area (TPSA) is 101 Å². The number of hydrazine groups is 1. The molecule has 1 fully saturated rings. The maximum atomic E-state index is 14.6. The zero-order valence-electron chi connectivity index (χ0n) is 27.1. The number of amides is 3. The van der Waals surface area contributed by atoms with E-state index in [1.54, 1.807) is 24.3 Å². The second kappa shape index (κ2) is 12.6. The highest BCUT2D eigenvalue weighted by Gasteiger charge is 2.63. The second-order valence-electron chi connectivity index (χ2n) is 12.9. The number of hydrogen-bond acceptors (Lipinski definition) is 6. The highest BCUT2D eigenvalue weighted by molar-refractivity contribution is 6.42. The van der Waals surface area contributed by atoms with Crippen molar-refractivity contribution in [3.63, 3.8) is 0 Å². The van der Waals surface area contributed by atoms with Crippen molar-refractivity contribution < 1.29 is 28.7 Å². The third-order valence-corrected chi connectivity index (χ3v) is 10.8. The van der Waals surface area contributed by atoms with Gasteiger partial charge in [-0.25, -0.2) is 9.80 Å². The normalized spacial score (nSPS) is 19.6. The van der Waals surface area contributed by atoms with Gasteiger partial charge in [0.05, 0.1) is 27.4 Å². The molecule has 2 atom stereocenters. The fourth-order valence-electron chi connectivity index (χ4n) is 7.70. The number of esters is 1. The molecule has 5 aromatic rings. The number of halogens is 2. The molecule has 252 valence electrons. The lowest BCUT2D eigenvalue weighted by Gasteiger charge is -2.45. The Morgan fingerprint density at radius 1 is 0.647 bits per heavy atom. The minimum absolute atomic E-state index is 0.0422. The number of rotatable bonds is 7. The summed E-state index contributed by atoms with van der Waals surface area (Å²) in [6.07, 6.45) is 0. The summed E-state index contributed by atoms with van der Waals surface area (Å²) in [7, 11) is 0. The van der Waals surface area contributed by atoms with Crippen LogP contribution in [-0.2, 0) is 9.59 Å². The molecule has 2 bridgehead atoms. The summed E-state index contributed by atoms with van der Waals surface area (Å²) < 4.78 is 5.48. The third-order valence-electron chi connectivity index (χ3n) is 10.0. The van der Waals surface area contributed by atoms with Crippen LogP contribution in [0.5, 0.6) is 5.75 Å². The molecule has 0 N–H and O–H groups in total. The van der Waals surface area contributed by atoms with E-state index in [0.717, 1.165) is 37.8 Å². The van der Waals surface area contributed by atoms with E-state index in [1.807, 2.05) is 55.5 Å². The van der Waals surface area contributed by atoms with Crippen LogP contribution in [0.4, 0.5) is 0 Å². The van der Waals surface area contributed by atoms with Crippen LogP contribution in [0, 0.1) is 18.8 Å². The molecule has 8 nitrogen and oxygen atoms in total. The summed E-state index contributed by atoms with van der Waals surface area (Å²) in [5.74, 6) is -5.11. The number of Topliss-reactive ketones (excluding diaryl/α,β-unsaturated/α-hetero) is 1. The summed E-state index contributed by atoms with van der Waals surface area (Å²) in [5, 5.41) is 2.10. The lowest BCUT2D eigenvalue weighted by atomic mass is 9.55. The fraction of sp³-hybridized carbons (Fsp3) is 0.146. The molecule has 10 heteroatoms. The highest BCUT2D eigenvalue weighted by Crippen LogP contribution is 2.61. The average molecular weight is 716 g/mol. The Bertz CT molecular complexity index is 2170. The van der Waals surface area contributed by atoms with Gasteiger partial charge in [0.1, 0.15) is 12.3 Å². The molecule has 1 heterocycles. The van der Waals surface area contributed by atoms with Gasteiger partial charge in [-0.05, 0) is 83.8 Å². The molecule has 0 radical (unpaired) electrons. The first-order valence-corrected chi connectivity index (χ1v) is 17.1. The summed E-state index contributed by atoms with van der Waals surface area (Å²) in [5.41, 5.74) is 5.50. The molecular weight excluding hydrogens is 687 g/mol. The molecule has 0 spiro atoms. The number of ketones is 1. The van der Waals surface area contributed by atoms with Crippen LogP contribution in [0.15, 0.2) is 115 Å². The lowest BCUT2D eigenvalue weighted by molar-refractivity contribution is -0.154. The van der Waals surface area contributed by atoms with E-state index >= 15 is 0 Å². The summed E-state index contributed by atoms with van der Waals surface area (Å²) in [6.45, 7) is 1.28. The van der Waals surface area contributed by atoms with Gasteiger partial charge in [-0.3, -0.25) is 19.2 Å². The minimum Gasteiger partial charge on any atom is -0.423 e. The number of benzene rings is 5. The molecule has 0 saturated carbocycles. The zero-order valence-corrected chi connectivity index (χ0v) is 28.6. The van der Waals surface area contributed by atoms with Crippen LogP contribution in [-0.4, -0.2) is 46.0 Å². The van der Waals surface area contributed by atoms with Gasteiger partial charge >= 0.3 is 5.97 Å². The third kappa shape index (κ3) is 5.42. The van der Waals surface area contributed by atoms with E-state index in [-0.39, 0.29) is 26.9 Å². The predicted octanol–water partition coefficient (Wildman–Crippen LogP) is 7.65. The number of nitrogens with zero attached hydrogens (tertiary/aromatic N) is 2. The molecule has 9 rings (SSSR count). The number of aryl methyl sites for hydroxylation is 1. The van der Waals surface area contributed by atoms with Gasteiger partial charge in [0, 0.05) is 23.0 Å². The number of ether oxygens (including phenoxy) is 1. The van der Waals surface area contributed by atoms with Crippen molar-refractivity contribution in [2.24, 2.45) is 11.8 Å². The first-order chi connectivity index (χ1) is 24.6. The largest absolute Gasteiger partial charge is 0.423 e. The lowest BCUT2D eigenvalue weighted by Crippen LogP contribution is -2.52. The second-order valence-corrected chi connectivity index (χ2v) is 13.8. The van der Waals surface area contributed by atoms with E-state index in [0.29, 0.717) is 5.56 Å². The zero-order chi connectivity index (χ0) is 35.6. The Kier molecular flexibility index (Phi) is 8.08. The first-order valence-electron chi connectivity index (χ1n) is 16.4. The van der Waals surface area contributed by atoms with Gasteiger partial charge < -0.3 is 4.74 Å². The van der Waals surface area contributed by atoms with Crippen LogP contribution in [0.1, 0.15) is 70.7 Å². The van der Waals surface area contributed by atoms with Crippen molar-refractivity contribution in [1.29, 1.82) is 0 Å². The smallest absolute Gasteiger partial charge is 0.343 e. The summed E-state index contributed by atoms with van der Waals surface area (Å²) >= 11 is 12.4. The number of carbonyl (C=O) groups is 5. The molecule has 0 aromatic heterocycles. The van der Waals surface area contributed by atoms with Crippen LogP contribution in [0.3, 0.4) is 0 Å². The predicted molar refractivity (Wildman–Crippen MR) is 190 cm³/mol. The van der Waals surface area contributed by atoms with Gasteiger partial charge in [-0.15, -0.1) is 0 Å². The van der Waals surface area contributed by atoms with Crippen molar-refractivity contribution in [2.45, 2.75) is 18.8 Å².